The van der Waals surface area contributed by atoms with Crippen LogP contribution in [0.2, 0.25) is 0 Å². The van der Waals surface area contributed by atoms with E-state index in [0.717, 1.165) is 5.56 Å². The van der Waals surface area contributed by atoms with Gasteiger partial charge in [-0.25, -0.2) is 9.59 Å². The lowest BCUT2D eigenvalue weighted by atomic mass is 10.2. The number of carboxylic acid groups (broad SMARTS) is 1. The first-order valence-electron chi connectivity index (χ1n) is 7.80. The maximum atomic E-state index is 11.8. The molecular weight excluding hydrogens is 322 g/mol. The third-order valence-electron chi connectivity index (χ3n) is 3.12. The maximum Gasteiger partial charge on any atom is 0.407 e. The number of nitrogens with one attached hydrogen (secondary N) is 1. The Hall–Kier alpha value is -3.02. The number of ether oxygens (including phenoxy) is 2. The molecule has 0 radical (unpaired) electrons. The van der Waals surface area contributed by atoms with Gasteiger partial charge in [0.15, 0.2) is 0 Å². The van der Waals surface area contributed by atoms with Crippen molar-refractivity contribution in [2.24, 2.45) is 0 Å². The minimum absolute atomic E-state index is 0.187. The minimum atomic E-state index is -0.992. The Morgan fingerprint density at radius 1 is 1.04 bits per heavy atom. The third kappa shape index (κ3) is 5.84. The van der Waals surface area contributed by atoms with E-state index in [1.807, 2.05) is 18.2 Å². The number of hydrogen-bond donors (Lipinski definition) is 2. The summed E-state index contributed by atoms with van der Waals surface area (Å²) < 4.78 is 11.0. The number of hydrogen-bond acceptors (Lipinski definition) is 4. The minimum Gasteiger partial charge on any atom is -0.478 e. The van der Waals surface area contributed by atoms with Crippen LogP contribution in [0.5, 0.6) is 11.5 Å². The zero-order valence-corrected chi connectivity index (χ0v) is 14.4. The maximum absolute atomic E-state index is 11.8. The van der Waals surface area contributed by atoms with Crippen molar-refractivity contribution in [2.45, 2.75) is 32.9 Å². The van der Waals surface area contributed by atoms with Crippen LogP contribution >= 0.6 is 0 Å². The first-order chi connectivity index (χ1) is 11.7. The van der Waals surface area contributed by atoms with Crippen molar-refractivity contribution in [3.05, 3.63) is 59.7 Å². The van der Waals surface area contributed by atoms with E-state index in [0.29, 0.717) is 11.5 Å². The van der Waals surface area contributed by atoms with Gasteiger partial charge in [0.1, 0.15) is 17.1 Å². The first kappa shape index (κ1) is 18.3. The van der Waals surface area contributed by atoms with E-state index in [-0.39, 0.29) is 12.1 Å². The summed E-state index contributed by atoms with van der Waals surface area (Å²) >= 11 is 0. The van der Waals surface area contributed by atoms with Gasteiger partial charge in [-0.1, -0.05) is 18.2 Å². The van der Waals surface area contributed by atoms with Gasteiger partial charge in [-0.15, -0.1) is 0 Å². The summed E-state index contributed by atoms with van der Waals surface area (Å²) in [5, 5.41) is 11.6. The Morgan fingerprint density at radius 3 is 2.28 bits per heavy atom. The summed E-state index contributed by atoms with van der Waals surface area (Å²) in [7, 11) is 0. The van der Waals surface area contributed by atoms with Gasteiger partial charge < -0.3 is 19.9 Å². The number of alkyl carbamates (subject to hydrolysis) is 1. The van der Waals surface area contributed by atoms with E-state index in [1.54, 1.807) is 39.0 Å². The Balaban J connectivity index is 2.05. The van der Waals surface area contributed by atoms with Gasteiger partial charge in [0, 0.05) is 12.1 Å². The highest BCUT2D eigenvalue weighted by atomic mass is 16.6. The Labute approximate surface area is 146 Å². The molecule has 2 N–H and O–H groups in total. The lowest BCUT2D eigenvalue weighted by Gasteiger charge is -2.20. The smallest absolute Gasteiger partial charge is 0.407 e. The monoisotopic (exact) mass is 343 g/mol. The number of amides is 1. The Kier molecular flexibility index (Phi) is 5.64. The highest BCUT2D eigenvalue weighted by Crippen LogP contribution is 2.25. The molecule has 0 heterocycles. The van der Waals surface area contributed by atoms with Crippen LogP contribution in [-0.4, -0.2) is 22.8 Å². The fourth-order valence-corrected chi connectivity index (χ4v) is 2.02. The van der Waals surface area contributed by atoms with Gasteiger partial charge in [0.05, 0.1) is 5.56 Å². The summed E-state index contributed by atoms with van der Waals surface area (Å²) in [5.41, 5.74) is 0.398. The molecule has 6 heteroatoms. The van der Waals surface area contributed by atoms with Crippen LogP contribution in [0.1, 0.15) is 36.7 Å². The molecule has 0 aliphatic heterocycles. The number of benzene rings is 2. The third-order valence-corrected chi connectivity index (χ3v) is 3.12. The number of para-hydroxylation sites is 1. The molecule has 6 nitrogen and oxygen atoms in total. The molecule has 132 valence electrons. The quantitative estimate of drug-likeness (QED) is 0.850. The molecule has 0 saturated carbocycles. The summed E-state index contributed by atoms with van der Waals surface area (Å²) in [6, 6.07) is 13.4. The lowest BCUT2D eigenvalue weighted by molar-refractivity contribution is 0.0522. The second-order valence-electron chi connectivity index (χ2n) is 6.39. The average Bonchev–Trinajstić information content (AvgIpc) is 2.53. The van der Waals surface area contributed by atoms with E-state index in [9.17, 15) is 9.59 Å². The van der Waals surface area contributed by atoms with Crippen molar-refractivity contribution in [2.75, 3.05) is 0 Å². The predicted molar refractivity (Wildman–Crippen MR) is 93.0 cm³/mol. The van der Waals surface area contributed by atoms with E-state index in [4.69, 9.17) is 14.6 Å². The molecule has 2 rings (SSSR count). The van der Waals surface area contributed by atoms with Crippen LogP contribution in [0.3, 0.4) is 0 Å². The zero-order chi connectivity index (χ0) is 18.4. The van der Waals surface area contributed by atoms with Crippen LogP contribution in [0.4, 0.5) is 4.79 Å². The topological polar surface area (TPSA) is 84.9 Å². The van der Waals surface area contributed by atoms with Gasteiger partial charge in [-0.2, -0.15) is 0 Å². The van der Waals surface area contributed by atoms with Gasteiger partial charge in [0.25, 0.3) is 0 Å². The molecule has 1 amide bonds. The second-order valence-corrected chi connectivity index (χ2v) is 6.39. The van der Waals surface area contributed by atoms with Crippen molar-refractivity contribution in [3.63, 3.8) is 0 Å². The molecule has 2 aromatic rings. The molecule has 0 atom stereocenters. The van der Waals surface area contributed by atoms with Gasteiger partial charge in [-0.05, 0) is 51.1 Å². The number of carbonyl (C=O) groups is 2. The molecule has 0 spiro atoms. The van der Waals surface area contributed by atoms with E-state index in [2.05, 4.69) is 5.32 Å². The van der Waals surface area contributed by atoms with Gasteiger partial charge in [0.2, 0.25) is 0 Å². The number of carbonyl (C=O) groups excluding carboxylic acids is 1. The molecule has 2 aromatic carbocycles. The standard InChI is InChI=1S/C19H21NO5/c1-19(2,3)25-18(23)20-12-14-6-4-5-7-16(14)24-15-10-8-13(9-11-15)17(21)22/h4-11H,12H2,1-3H3,(H,20,23)(H,21,22). The first-order valence-corrected chi connectivity index (χ1v) is 7.80. The predicted octanol–water partition coefficient (Wildman–Crippen LogP) is 4.20. The van der Waals surface area contributed by atoms with E-state index >= 15 is 0 Å². The Morgan fingerprint density at radius 2 is 1.68 bits per heavy atom. The number of aromatic carboxylic acids is 1. The second kappa shape index (κ2) is 7.70. The summed E-state index contributed by atoms with van der Waals surface area (Å²) in [6.45, 7) is 5.64. The Bertz CT molecular complexity index is 747. The van der Waals surface area contributed by atoms with Crippen LogP contribution in [0.25, 0.3) is 0 Å². The molecule has 0 unspecified atom stereocenters. The van der Waals surface area contributed by atoms with Crippen LogP contribution in [0.15, 0.2) is 48.5 Å². The van der Waals surface area contributed by atoms with Gasteiger partial charge >= 0.3 is 12.1 Å². The molecule has 0 aliphatic carbocycles. The molecule has 25 heavy (non-hydrogen) atoms. The van der Waals surface area contributed by atoms with Crippen molar-refractivity contribution < 1.29 is 24.2 Å². The van der Waals surface area contributed by atoms with Crippen LogP contribution in [0, 0.1) is 0 Å². The van der Waals surface area contributed by atoms with Crippen LogP contribution < -0.4 is 10.1 Å². The largest absolute Gasteiger partial charge is 0.478 e. The van der Waals surface area contributed by atoms with Crippen LogP contribution in [-0.2, 0) is 11.3 Å². The SMILES string of the molecule is CC(C)(C)OC(=O)NCc1ccccc1Oc1ccc(C(=O)O)cc1. The van der Waals surface area contributed by atoms with E-state index in [1.165, 1.54) is 12.1 Å². The fourth-order valence-electron chi connectivity index (χ4n) is 2.02. The molecule has 0 aliphatic rings. The molecule has 0 bridgehead atoms. The zero-order valence-electron chi connectivity index (χ0n) is 14.4. The highest BCUT2D eigenvalue weighted by Gasteiger charge is 2.16. The summed E-state index contributed by atoms with van der Waals surface area (Å²) in [6.07, 6.45) is -0.506. The molecule has 0 fully saturated rings. The number of rotatable bonds is 5. The van der Waals surface area contributed by atoms with E-state index < -0.39 is 17.7 Å². The molecule has 0 aromatic heterocycles. The molecule has 0 saturated heterocycles. The lowest BCUT2D eigenvalue weighted by Crippen LogP contribution is -2.32. The normalized spacial score (nSPS) is 10.8. The van der Waals surface area contributed by atoms with Crippen molar-refractivity contribution in [3.8, 4) is 11.5 Å². The summed E-state index contributed by atoms with van der Waals surface area (Å²) in [4.78, 5) is 22.7. The highest BCUT2D eigenvalue weighted by molar-refractivity contribution is 5.87. The van der Waals surface area contributed by atoms with Crippen molar-refractivity contribution in [1.29, 1.82) is 0 Å². The fraction of sp³-hybridized carbons (Fsp3) is 0.263. The summed E-state index contributed by atoms with van der Waals surface area (Å²) in [5.74, 6) is 0.0878. The average molecular weight is 343 g/mol. The van der Waals surface area contributed by atoms with Gasteiger partial charge in [-0.3, -0.25) is 0 Å². The molecular formula is C19H21NO5. The van der Waals surface area contributed by atoms with Crippen molar-refractivity contribution >= 4 is 12.1 Å². The number of carboxylic acids is 1. The van der Waals surface area contributed by atoms with Crippen molar-refractivity contribution in [1.82, 2.24) is 5.32 Å².